The number of aromatic hydroxyl groups is 2. The maximum atomic E-state index is 12.7. The van der Waals surface area contributed by atoms with Crippen LogP contribution in [0.15, 0.2) is 91.0 Å². The summed E-state index contributed by atoms with van der Waals surface area (Å²) >= 11 is 0. The molecule has 0 spiro atoms. The van der Waals surface area contributed by atoms with Crippen LogP contribution < -0.4 is 0 Å². The summed E-state index contributed by atoms with van der Waals surface area (Å²) in [4.78, 5) is 0. The molecule has 3 nitrogen and oxygen atoms in total. The van der Waals surface area contributed by atoms with Crippen molar-refractivity contribution >= 4 is 12.4 Å². The van der Waals surface area contributed by atoms with Gasteiger partial charge in [-0.15, -0.1) is 12.1 Å². The molecule has 0 radical (unpaired) electrons. The molecule has 8 bridgehead atoms. The summed E-state index contributed by atoms with van der Waals surface area (Å²) in [6, 6.07) is 27.6. The quantitative estimate of drug-likeness (QED) is 0.149. The van der Waals surface area contributed by atoms with Gasteiger partial charge in [0.05, 0.1) is 6.72 Å². The first-order valence-electron chi connectivity index (χ1n) is 23.9. The van der Waals surface area contributed by atoms with E-state index >= 15 is 0 Å². The van der Waals surface area contributed by atoms with Gasteiger partial charge in [-0.1, -0.05) is 108 Å². The Morgan fingerprint density at radius 3 is 1.34 bits per heavy atom. The van der Waals surface area contributed by atoms with Gasteiger partial charge in [-0.2, -0.15) is 0 Å². The zero-order valence-electron chi connectivity index (χ0n) is 40.2. The van der Waals surface area contributed by atoms with Crippen molar-refractivity contribution in [3.63, 3.8) is 0 Å². The Hall–Kier alpha value is -3.62. The van der Waals surface area contributed by atoms with E-state index in [9.17, 15) is 10.2 Å². The smallest absolute Gasteiger partial charge is 0.508 e. The fourth-order valence-electron chi connectivity index (χ4n) is 15.1. The maximum absolute atomic E-state index is 12.7. The first kappa shape index (κ1) is 46.9. The predicted octanol–water partition coefficient (Wildman–Crippen LogP) is 15.1. The molecule has 2 N–H and O–H groups in total. The van der Waals surface area contributed by atoms with E-state index in [0.717, 1.165) is 80.6 Å². The summed E-state index contributed by atoms with van der Waals surface area (Å²) in [5, 5.41) is 25.4. The van der Waals surface area contributed by atoms with E-state index in [1.807, 2.05) is 0 Å². The topological polar surface area (TPSA) is 43.5 Å². The van der Waals surface area contributed by atoms with E-state index in [-0.39, 0.29) is 62.7 Å². The van der Waals surface area contributed by atoms with Crippen molar-refractivity contribution in [1.82, 2.24) is 0 Å². The fraction of sp³-hybridized carbons (Fsp3) is 0.467. The van der Waals surface area contributed by atoms with E-state index < -0.39 is 0 Å². The zero-order chi connectivity index (χ0) is 42.2. The molecule has 8 fully saturated rings. The van der Waals surface area contributed by atoms with Crippen LogP contribution in [0.3, 0.4) is 0 Å². The summed E-state index contributed by atoms with van der Waals surface area (Å²) < 4.78 is 2.09. The number of hydrogen-bond acceptors (Lipinski definition) is 2. The van der Waals surface area contributed by atoms with Gasteiger partial charge in [-0.3, -0.25) is 0 Å². The van der Waals surface area contributed by atoms with Crippen LogP contribution in [0.25, 0.3) is 28.0 Å². The third-order valence-electron chi connectivity index (χ3n) is 17.2. The second-order valence-electron chi connectivity index (χ2n) is 23.6. The third-order valence-corrected chi connectivity index (χ3v) is 17.2. The number of phenols is 2. The normalized spacial score (nSPS) is 29.8. The number of allylic oxidation sites excluding steroid dienone is 2. The minimum Gasteiger partial charge on any atom is -0.508 e. The molecule has 0 aromatic heterocycles. The van der Waals surface area contributed by atoms with Gasteiger partial charge in [0.25, 0.3) is 0 Å². The Bertz CT molecular complexity index is 2450. The van der Waals surface area contributed by atoms with Crippen LogP contribution in [0.2, 0.25) is 0 Å². The van der Waals surface area contributed by atoms with E-state index in [1.165, 1.54) is 99.3 Å². The molecule has 8 saturated carbocycles. The van der Waals surface area contributed by atoms with Gasteiger partial charge in [0, 0.05) is 22.3 Å². The van der Waals surface area contributed by atoms with Gasteiger partial charge >= 0.3 is 26.2 Å². The molecule has 4 aromatic carbocycles. The van der Waals surface area contributed by atoms with Crippen molar-refractivity contribution in [2.24, 2.45) is 35.5 Å². The van der Waals surface area contributed by atoms with Crippen LogP contribution in [-0.2, 0) is 47.9 Å². The van der Waals surface area contributed by atoms with E-state index in [0.29, 0.717) is 11.5 Å². The largest absolute Gasteiger partial charge is 2.00 e. The number of benzene rings is 4. The van der Waals surface area contributed by atoms with Gasteiger partial charge < -0.3 is 25.1 Å². The monoisotopic (exact) mass is 929 g/mol. The molecular weight excluding hydrogens is 858 g/mol. The molecular formula is C60H73NO2Zr. The first-order chi connectivity index (χ1) is 29.1. The summed E-state index contributed by atoms with van der Waals surface area (Å²) in [6.07, 6.45) is 22.0. The van der Waals surface area contributed by atoms with E-state index in [4.69, 9.17) is 6.72 Å². The molecule has 8 aliphatic carbocycles. The molecule has 64 heavy (non-hydrogen) atoms. The Balaban J connectivity index is 0.00000187. The third kappa shape index (κ3) is 7.66. The van der Waals surface area contributed by atoms with Crippen LogP contribution in [0.4, 0.5) is 0 Å². The summed E-state index contributed by atoms with van der Waals surface area (Å²) in [5.41, 5.74) is 12.0. The van der Waals surface area contributed by atoms with Crippen molar-refractivity contribution in [3.05, 3.63) is 145 Å². The number of phenolic OH excluding ortho intramolecular Hbond substituents is 2. The van der Waals surface area contributed by atoms with E-state index in [2.05, 4.69) is 137 Å². The van der Waals surface area contributed by atoms with Crippen molar-refractivity contribution in [1.29, 1.82) is 0 Å². The number of nitrogens with zero attached hydrogens (tertiary/aromatic N) is 1. The fourth-order valence-corrected chi connectivity index (χ4v) is 15.1. The predicted molar refractivity (Wildman–Crippen MR) is 264 cm³/mol. The second kappa shape index (κ2) is 16.6. The van der Waals surface area contributed by atoms with E-state index in [1.54, 1.807) is 0 Å². The van der Waals surface area contributed by atoms with Gasteiger partial charge in [-0.05, 0) is 180 Å². The molecule has 13 rings (SSSR count). The Morgan fingerprint density at radius 2 is 0.922 bits per heavy atom. The standard InChI is InChI=1S/C58H67NO2.2CH3.Zr/c1-55(2,3)41-25-47(53(60)49(27-41)57-29-35-19-36(30-57)21-37(20-35)31-57)43-13-8-10-15-45(43)51-17-12-18-52(59(51)7)46-16-11-9-14-44(46)48-26-42(56(4,5)6)28-50(54(48)61)58-32-38-22-39(33-58)24-40(23-38)34-58;;;/h8-18,25-28,35-40,60-61H,7,19-24,29-34H2,1-6H3;2*1H3;/q;2*-1;+2. The molecule has 0 unspecified atom stereocenters. The van der Waals surface area contributed by atoms with Gasteiger partial charge in [0.15, 0.2) is 5.70 Å². The molecule has 4 aromatic rings. The molecule has 0 saturated heterocycles. The molecule has 0 amide bonds. The molecule has 1 heterocycles. The Labute approximate surface area is 405 Å². The van der Waals surface area contributed by atoms with Crippen molar-refractivity contribution in [2.45, 2.75) is 140 Å². The van der Waals surface area contributed by atoms with Crippen molar-refractivity contribution < 1.29 is 41.0 Å². The van der Waals surface area contributed by atoms with Gasteiger partial charge in [0.1, 0.15) is 17.5 Å². The van der Waals surface area contributed by atoms with Gasteiger partial charge in [0.2, 0.25) is 0 Å². The van der Waals surface area contributed by atoms with Crippen LogP contribution in [0.1, 0.15) is 152 Å². The summed E-state index contributed by atoms with van der Waals surface area (Å²) in [5.74, 6) is 5.68. The Morgan fingerprint density at radius 1 is 0.547 bits per heavy atom. The zero-order valence-corrected chi connectivity index (χ0v) is 42.6. The average Bonchev–Trinajstić information content (AvgIpc) is 3.19. The molecule has 334 valence electrons. The minimum atomic E-state index is -0.0737. The molecule has 0 atom stereocenters. The Kier molecular flexibility index (Phi) is 12.2. The van der Waals surface area contributed by atoms with Crippen LogP contribution >= 0.6 is 0 Å². The van der Waals surface area contributed by atoms with Crippen molar-refractivity contribution in [3.8, 4) is 33.8 Å². The molecule has 9 aliphatic rings. The van der Waals surface area contributed by atoms with Crippen LogP contribution in [0, 0.1) is 56.4 Å². The minimum absolute atomic E-state index is 0. The average molecular weight is 931 g/mol. The number of hydrogen-bond donors (Lipinski definition) is 2. The van der Waals surface area contributed by atoms with Crippen LogP contribution in [0.5, 0.6) is 11.5 Å². The van der Waals surface area contributed by atoms with Gasteiger partial charge in [-0.25, -0.2) is 4.58 Å². The summed E-state index contributed by atoms with van der Waals surface area (Å²) in [7, 11) is 0. The summed E-state index contributed by atoms with van der Waals surface area (Å²) in [6.45, 7) is 18.6. The van der Waals surface area contributed by atoms with Crippen molar-refractivity contribution in [2.75, 3.05) is 0 Å². The second-order valence-corrected chi connectivity index (χ2v) is 23.6. The SMILES string of the molecule is C=[N+]1C(c2ccccc2-c2cc(C(C)(C)C)cc(C34CC5CC(CC(C5)C3)C4)c2O)=CC=C[C-]1c1ccccc1-c1cc(C(C)(C)C)cc(C23CC4CC(CC(C4)C2)C3)c1O.[CH3-].[CH3-].[Zr+2]. The van der Waals surface area contributed by atoms with Crippen LogP contribution in [-0.4, -0.2) is 21.5 Å². The molecule has 1 aliphatic heterocycles. The first-order valence-corrected chi connectivity index (χ1v) is 23.9. The molecule has 4 heteroatoms. The number of rotatable bonds is 6. The maximum Gasteiger partial charge on any atom is 2.00 e.